The van der Waals surface area contributed by atoms with Crippen LogP contribution in [0.5, 0.6) is 11.6 Å². The van der Waals surface area contributed by atoms with Gasteiger partial charge in [-0.1, -0.05) is 46.8 Å². The average Bonchev–Trinajstić information content (AvgIpc) is 2.37. The Morgan fingerprint density at radius 2 is 1.67 bits per heavy atom. The lowest BCUT2D eigenvalue weighted by molar-refractivity contribution is 0.446. The van der Waals surface area contributed by atoms with E-state index in [2.05, 4.69) is 35.9 Å². The molecule has 2 rings (SSSR count). The first kappa shape index (κ1) is 15.3. The minimum Gasteiger partial charge on any atom is -0.439 e. The van der Waals surface area contributed by atoms with Crippen LogP contribution in [0.3, 0.4) is 0 Å². The lowest BCUT2D eigenvalue weighted by Crippen LogP contribution is -2.17. The molecule has 0 saturated carbocycles. The fourth-order valence-corrected chi connectivity index (χ4v) is 1.87. The number of hydrogen-bond acceptors (Lipinski definition) is 4. The van der Waals surface area contributed by atoms with Gasteiger partial charge in [-0.15, -0.1) is 0 Å². The van der Waals surface area contributed by atoms with E-state index in [1.807, 2.05) is 32.9 Å². The summed E-state index contributed by atoms with van der Waals surface area (Å²) in [6, 6.07) is 9.67. The van der Waals surface area contributed by atoms with Crippen molar-refractivity contribution in [2.24, 2.45) is 0 Å². The van der Waals surface area contributed by atoms with Crippen molar-refractivity contribution in [3.63, 3.8) is 0 Å². The first-order valence-corrected chi connectivity index (χ1v) is 7.18. The Labute approximate surface area is 126 Å². The zero-order valence-electron chi connectivity index (χ0n) is 13.3. The molecule has 0 spiro atoms. The van der Waals surface area contributed by atoms with Crippen molar-refractivity contribution in [2.45, 2.75) is 46.0 Å². The Hall–Kier alpha value is -2.10. The zero-order valence-corrected chi connectivity index (χ0v) is 13.3. The first-order valence-electron chi connectivity index (χ1n) is 7.18. The van der Waals surface area contributed by atoms with Crippen LogP contribution in [0.2, 0.25) is 0 Å². The number of anilines is 1. The van der Waals surface area contributed by atoms with E-state index in [1.54, 1.807) is 6.07 Å². The molecular weight excluding hydrogens is 262 g/mol. The summed E-state index contributed by atoms with van der Waals surface area (Å²) in [6.07, 6.45) is 0. The van der Waals surface area contributed by atoms with Gasteiger partial charge in [0.05, 0.1) is 0 Å². The normalized spacial score (nSPS) is 11.7. The number of benzene rings is 1. The summed E-state index contributed by atoms with van der Waals surface area (Å²) in [6.45, 7) is 10.5. The van der Waals surface area contributed by atoms with E-state index < -0.39 is 0 Å². The Bertz CT molecular complexity index is 613. The van der Waals surface area contributed by atoms with E-state index in [-0.39, 0.29) is 5.41 Å². The monoisotopic (exact) mass is 285 g/mol. The van der Waals surface area contributed by atoms with Gasteiger partial charge in [0.15, 0.2) is 0 Å². The number of nitrogens with zero attached hydrogens (tertiary/aromatic N) is 2. The number of aromatic nitrogens is 2. The highest BCUT2D eigenvalue weighted by molar-refractivity contribution is 5.37. The van der Waals surface area contributed by atoms with Crippen LogP contribution in [-0.4, -0.2) is 9.97 Å². The summed E-state index contributed by atoms with van der Waals surface area (Å²) in [7, 11) is 0. The predicted molar refractivity (Wildman–Crippen MR) is 85.7 cm³/mol. The molecule has 0 atom stereocenters. The summed E-state index contributed by atoms with van der Waals surface area (Å²) in [5.74, 6) is 2.82. The summed E-state index contributed by atoms with van der Waals surface area (Å²) in [4.78, 5) is 8.72. The minimum absolute atomic E-state index is 0.172. The van der Waals surface area contributed by atoms with Gasteiger partial charge < -0.3 is 10.5 Å². The maximum atomic E-state index is 5.84. The number of rotatable bonds is 3. The van der Waals surface area contributed by atoms with E-state index in [0.717, 1.165) is 5.75 Å². The number of ether oxygens (including phenoxy) is 1. The smallest absolute Gasteiger partial charge is 0.224 e. The van der Waals surface area contributed by atoms with Gasteiger partial charge in [0, 0.05) is 11.5 Å². The molecular formula is C17H23N3O. The molecule has 21 heavy (non-hydrogen) atoms. The van der Waals surface area contributed by atoms with Crippen molar-refractivity contribution in [3.8, 4) is 11.6 Å². The Kier molecular flexibility index (Phi) is 4.16. The van der Waals surface area contributed by atoms with E-state index in [4.69, 9.17) is 10.5 Å². The average molecular weight is 285 g/mol. The van der Waals surface area contributed by atoms with Crippen molar-refractivity contribution in [2.75, 3.05) is 5.73 Å². The van der Waals surface area contributed by atoms with Crippen LogP contribution in [0.15, 0.2) is 30.3 Å². The molecule has 2 N–H and O–H groups in total. The number of nitrogen functional groups attached to an aromatic ring is 1. The molecule has 4 nitrogen and oxygen atoms in total. The fraction of sp³-hybridized carbons (Fsp3) is 0.412. The lowest BCUT2D eigenvalue weighted by atomic mass is 9.96. The maximum Gasteiger partial charge on any atom is 0.224 e. The highest BCUT2D eigenvalue weighted by Gasteiger charge is 2.19. The molecule has 0 saturated heterocycles. The van der Waals surface area contributed by atoms with Gasteiger partial charge in [-0.3, -0.25) is 0 Å². The van der Waals surface area contributed by atoms with Gasteiger partial charge in [0.25, 0.3) is 0 Å². The van der Waals surface area contributed by atoms with Gasteiger partial charge in [-0.05, 0) is 23.6 Å². The van der Waals surface area contributed by atoms with Gasteiger partial charge in [0.1, 0.15) is 17.4 Å². The molecule has 0 amide bonds. The Morgan fingerprint density at radius 1 is 1.05 bits per heavy atom. The standard InChI is InChI=1S/C17H23N3O/c1-11(2)12-6-8-13(9-7-12)21-15-10-14(18)19-16(20-15)17(3,4)5/h6-11H,1-5H3,(H2,18,19,20). The molecule has 1 heterocycles. The maximum absolute atomic E-state index is 5.84. The summed E-state index contributed by atoms with van der Waals surface area (Å²) >= 11 is 0. The largest absolute Gasteiger partial charge is 0.439 e. The molecule has 112 valence electrons. The summed E-state index contributed by atoms with van der Waals surface area (Å²) in [5.41, 5.74) is 6.95. The van der Waals surface area contributed by atoms with Crippen molar-refractivity contribution in [3.05, 3.63) is 41.7 Å². The van der Waals surface area contributed by atoms with Gasteiger partial charge in [0.2, 0.25) is 5.88 Å². The summed E-state index contributed by atoms with van der Waals surface area (Å²) in [5, 5.41) is 0. The van der Waals surface area contributed by atoms with Crippen LogP contribution < -0.4 is 10.5 Å². The van der Waals surface area contributed by atoms with Gasteiger partial charge in [-0.2, -0.15) is 4.98 Å². The molecule has 0 unspecified atom stereocenters. The van der Waals surface area contributed by atoms with Crippen molar-refractivity contribution < 1.29 is 4.74 Å². The fourth-order valence-electron chi connectivity index (χ4n) is 1.87. The second-order valence-corrected chi connectivity index (χ2v) is 6.53. The van der Waals surface area contributed by atoms with Crippen molar-refractivity contribution in [1.82, 2.24) is 9.97 Å². The molecule has 1 aromatic carbocycles. The Morgan fingerprint density at radius 3 is 2.19 bits per heavy atom. The van der Waals surface area contributed by atoms with Crippen molar-refractivity contribution >= 4 is 5.82 Å². The van der Waals surface area contributed by atoms with E-state index in [1.165, 1.54) is 5.56 Å². The van der Waals surface area contributed by atoms with E-state index in [0.29, 0.717) is 23.4 Å². The highest BCUT2D eigenvalue weighted by atomic mass is 16.5. The third kappa shape index (κ3) is 3.94. The molecule has 0 fully saturated rings. The lowest BCUT2D eigenvalue weighted by Gasteiger charge is -2.17. The van der Waals surface area contributed by atoms with E-state index in [9.17, 15) is 0 Å². The molecule has 0 radical (unpaired) electrons. The molecule has 4 heteroatoms. The molecule has 0 aliphatic heterocycles. The number of hydrogen-bond donors (Lipinski definition) is 1. The summed E-state index contributed by atoms with van der Waals surface area (Å²) < 4.78 is 5.80. The van der Waals surface area contributed by atoms with Gasteiger partial charge in [-0.25, -0.2) is 4.98 Å². The predicted octanol–water partition coefficient (Wildman–Crippen LogP) is 4.27. The third-order valence-corrected chi connectivity index (χ3v) is 3.16. The minimum atomic E-state index is -0.172. The molecule has 1 aromatic heterocycles. The quantitative estimate of drug-likeness (QED) is 0.914. The molecule has 2 aromatic rings. The second-order valence-electron chi connectivity index (χ2n) is 6.53. The van der Waals surface area contributed by atoms with Crippen LogP contribution >= 0.6 is 0 Å². The highest BCUT2D eigenvalue weighted by Crippen LogP contribution is 2.26. The zero-order chi connectivity index (χ0) is 15.6. The molecule has 0 aliphatic rings. The van der Waals surface area contributed by atoms with Crippen LogP contribution in [0.25, 0.3) is 0 Å². The third-order valence-electron chi connectivity index (χ3n) is 3.16. The van der Waals surface area contributed by atoms with Crippen LogP contribution in [-0.2, 0) is 5.41 Å². The van der Waals surface area contributed by atoms with Crippen LogP contribution in [0, 0.1) is 0 Å². The van der Waals surface area contributed by atoms with Crippen LogP contribution in [0.4, 0.5) is 5.82 Å². The SMILES string of the molecule is CC(C)c1ccc(Oc2cc(N)nc(C(C)(C)C)n2)cc1. The van der Waals surface area contributed by atoms with Gasteiger partial charge >= 0.3 is 0 Å². The topological polar surface area (TPSA) is 61.0 Å². The second kappa shape index (κ2) is 5.72. The van der Waals surface area contributed by atoms with Crippen LogP contribution in [0.1, 0.15) is 51.9 Å². The number of nitrogens with two attached hydrogens (primary N) is 1. The Balaban J connectivity index is 2.25. The van der Waals surface area contributed by atoms with Crippen molar-refractivity contribution in [1.29, 1.82) is 0 Å². The molecule has 0 bridgehead atoms. The molecule has 0 aliphatic carbocycles. The first-order chi connectivity index (χ1) is 9.75. The van der Waals surface area contributed by atoms with E-state index >= 15 is 0 Å².